The van der Waals surface area contributed by atoms with Crippen molar-refractivity contribution in [2.24, 2.45) is 0 Å². The van der Waals surface area contributed by atoms with Gasteiger partial charge in [-0.25, -0.2) is 0 Å². The van der Waals surface area contributed by atoms with E-state index in [2.05, 4.69) is 36.4 Å². The monoisotopic (exact) mass is 588 g/mol. The van der Waals surface area contributed by atoms with Gasteiger partial charge in [-0.05, 0) is 72.8 Å². The minimum atomic E-state index is -11.2. The average molecular weight is 589 g/mol. The molecule has 3 rings (SSSR count). The van der Waals surface area contributed by atoms with Crippen molar-refractivity contribution in [1.82, 2.24) is 0 Å². The second kappa shape index (κ2) is 9.35. The van der Waals surface area contributed by atoms with Crippen molar-refractivity contribution in [3.8, 4) is 17.2 Å². The third-order valence-corrected chi connectivity index (χ3v) is 6.12. The summed E-state index contributed by atoms with van der Waals surface area (Å²) in [6.45, 7) is 0. The quantitative estimate of drug-likeness (QED) is 0.177. The van der Waals surface area contributed by atoms with Gasteiger partial charge in [0.15, 0.2) is 14.7 Å². The van der Waals surface area contributed by atoms with Crippen LogP contribution in [0.3, 0.4) is 0 Å². The molecule has 3 nitrogen and oxygen atoms in total. The van der Waals surface area contributed by atoms with Crippen LogP contribution in [-0.2, 0) is 10.9 Å². The molecule has 0 aliphatic heterocycles. The van der Waals surface area contributed by atoms with Gasteiger partial charge in [-0.1, -0.05) is 0 Å². The summed E-state index contributed by atoms with van der Waals surface area (Å²) in [5.41, 5.74) is 0. The van der Waals surface area contributed by atoms with Gasteiger partial charge >= 0.3 is 36.4 Å². The maximum absolute atomic E-state index is 11.2. The fraction of sp³-hybridized carbons (Fsp3) is 0.143. The Hall–Kier alpha value is -2.19. The van der Waals surface area contributed by atoms with E-state index in [4.69, 9.17) is 14.2 Å². The first-order valence-electron chi connectivity index (χ1n) is 8.93. The van der Waals surface area contributed by atoms with Gasteiger partial charge in [-0.3, -0.25) is 0 Å². The Morgan fingerprint density at radius 3 is 0.812 bits per heavy atom. The number of halogens is 6. The molecule has 0 radical (unpaired) electrons. The van der Waals surface area contributed by atoms with Crippen LogP contribution in [0.4, 0.5) is 16.9 Å². The molecule has 176 valence electrons. The fourth-order valence-electron chi connectivity index (χ4n) is 2.54. The van der Waals surface area contributed by atoms with Crippen molar-refractivity contribution >= 4 is 30.4 Å². The topological polar surface area (TPSA) is 27.7 Å². The molecule has 32 heavy (non-hydrogen) atoms. The van der Waals surface area contributed by atoms with E-state index >= 15 is 0 Å². The Bertz CT molecular complexity index is 885. The molecule has 11 heteroatoms. The first-order chi connectivity index (χ1) is 14.7. The van der Waals surface area contributed by atoms with Crippen LogP contribution in [0.5, 0.6) is 17.2 Å². The minimum absolute atomic E-state index is 0.212. The molecule has 3 aromatic carbocycles. The predicted molar refractivity (Wildman–Crippen MR) is 114 cm³/mol. The van der Waals surface area contributed by atoms with Gasteiger partial charge in [-0.2, -0.15) is 0 Å². The first kappa shape index (κ1) is 26.1. The number of benzene rings is 3. The van der Waals surface area contributed by atoms with E-state index in [9.17, 15) is 16.9 Å². The molecule has 3 aromatic rings. The van der Waals surface area contributed by atoms with Crippen molar-refractivity contribution in [2.45, 2.75) is 14.7 Å². The molecule has 0 aliphatic carbocycles. The molecule has 0 saturated carbocycles. The van der Waals surface area contributed by atoms with Gasteiger partial charge in [0.1, 0.15) is 17.2 Å². The van der Waals surface area contributed by atoms with Crippen LogP contribution in [0.2, 0.25) is 0 Å². The zero-order chi connectivity index (χ0) is 24.1. The maximum atomic E-state index is 9.93. The summed E-state index contributed by atoms with van der Waals surface area (Å²) in [6.07, 6.45) is 0. The van der Waals surface area contributed by atoms with Crippen molar-refractivity contribution in [3.05, 3.63) is 72.8 Å². The van der Waals surface area contributed by atoms with E-state index in [0.29, 0.717) is 0 Å². The van der Waals surface area contributed by atoms with Gasteiger partial charge in [0.05, 0.1) is 32.2 Å². The number of rotatable bonds is 6. The van der Waals surface area contributed by atoms with E-state index in [1.165, 1.54) is 14.7 Å². The van der Waals surface area contributed by atoms with E-state index in [1.807, 2.05) is 36.4 Å². The van der Waals surface area contributed by atoms with E-state index in [0.717, 1.165) is 17.2 Å². The summed E-state index contributed by atoms with van der Waals surface area (Å²) in [5.74, 6) is 2.57. The third kappa shape index (κ3) is 9.52. The summed E-state index contributed by atoms with van der Waals surface area (Å²) in [5, 5.41) is 0. The van der Waals surface area contributed by atoms with Crippen LogP contribution >= 0.6 is 0 Å². The summed E-state index contributed by atoms with van der Waals surface area (Å²) in [4.78, 5) is 3.70. The van der Waals surface area contributed by atoms with E-state index in [1.54, 1.807) is 21.3 Å². The van der Waals surface area contributed by atoms with E-state index in [-0.39, 0.29) is 10.9 Å². The summed E-state index contributed by atoms with van der Waals surface area (Å²) in [6, 6.07) is 24.7. The SMILES string of the molecule is COc1ccc([S+](c2ccc(OC)cc2)c2ccc(OC)cc2)cc1.[F][Sb-]([F])([F])([F])([F])[F]. The van der Waals surface area contributed by atoms with Crippen molar-refractivity contribution in [2.75, 3.05) is 21.3 Å². The molecule has 0 atom stereocenters. The summed E-state index contributed by atoms with van der Waals surface area (Å²) >= 11 is -11.2. The van der Waals surface area contributed by atoms with Gasteiger partial charge in [0.25, 0.3) is 0 Å². The Balaban J connectivity index is 0.000000451. The third-order valence-electron chi connectivity index (χ3n) is 3.89. The van der Waals surface area contributed by atoms with E-state index < -0.39 is 19.5 Å². The number of methoxy groups -OCH3 is 3. The van der Waals surface area contributed by atoms with Crippen LogP contribution in [0.1, 0.15) is 0 Å². The second-order valence-corrected chi connectivity index (χ2v) is 13.8. The molecule has 0 heterocycles. The molecular weight excluding hydrogens is 568 g/mol. The fourth-order valence-corrected chi connectivity index (χ4v) is 4.58. The summed E-state index contributed by atoms with van der Waals surface area (Å²) in [7, 11) is 4.83. The second-order valence-electron chi connectivity index (χ2n) is 6.29. The van der Waals surface area contributed by atoms with Crippen LogP contribution < -0.4 is 14.2 Å². The Labute approximate surface area is 187 Å². The number of ether oxygens (including phenoxy) is 3. The zero-order valence-electron chi connectivity index (χ0n) is 17.3. The Morgan fingerprint density at radius 1 is 0.469 bits per heavy atom. The molecule has 0 fully saturated rings. The predicted octanol–water partition coefficient (Wildman–Crippen LogP) is 6.95. The molecule has 0 unspecified atom stereocenters. The zero-order valence-corrected chi connectivity index (χ0v) is 20.6. The molecule has 0 N–H and O–H groups in total. The van der Waals surface area contributed by atoms with Crippen LogP contribution in [0.25, 0.3) is 0 Å². The van der Waals surface area contributed by atoms with Crippen LogP contribution in [0.15, 0.2) is 87.5 Å². The van der Waals surface area contributed by atoms with Gasteiger partial charge in [0.2, 0.25) is 0 Å². The van der Waals surface area contributed by atoms with Crippen molar-refractivity contribution < 1.29 is 31.1 Å². The molecule has 0 aliphatic rings. The van der Waals surface area contributed by atoms with Gasteiger partial charge in [-0.15, -0.1) is 0 Å². The van der Waals surface area contributed by atoms with Gasteiger partial charge in [0, 0.05) is 0 Å². The Kier molecular flexibility index (Phi) is 7.62. The Morgan fingerprint density at radius 2 is 0.656 bits per heavy atom. The molecule has 0 bridgehead atoms. The normalized spacial score (nSPS) is 13.3. The average Bonchev–Trinajstić information content (AvgIpc) is 2.73. The molecule has 0 spiro atoms. The van der Waals surface area contributed by atoms with Crippen LogP contribution in [-0.4, -0.2) is 40.8 Å². The van der Waals surface area contributed by atoms with Crippen molar-refractivity contribution in [1.29, 1.82) is 0 Å². The molecular formula is C21H21F6O3SSb. The summed E-state index contributed by atoms with van der Waals surface area (Å²) < 4.78 is 75.4. The van der Waals surface area contributed by atoms with Gasteiger partial charge < -0.3 is 14.2 Å². The molecule has 0 aromatic heterocycles. The number of hydrogen-bond acceptors (Lipinski definition) is 3. The van der Waals surface area contributed by atoms with Crippen LogP contribution in [0, 0.1) is 0 Å². The molecule has 0 amide bonds. The van der Waals surface area contributed by atoms with Crippen molar-refractivity contribution in [3.63, 3.8) is 0 Å². The first-order valence-corrected chi connectivity index (χ1v) is 15.9. The standard InChI is InChI=1S/C21H21O3S.6FH.Sb/c1-22-16-4-10-19(11-5-16)25(20-12-6-17(23-2)7-13-20)21-14-8-18(24-3)9-15-21;;;;;;;/h4-15H,1-3H3;6*1H;/q+1;;;;;;;+5/p-6. The molecule has 0 saturated heterocycles. The number of hydrogen-bond donors (Lipinski definition) is 0.